The van der Waals surface area contributed by atoms with Gasteiger partial charge in [-0.2, -0.15) is 22.0 Å². The number of carbonyl (C=O) groups excluding carboxylic acids is 1. The van der Waals surface area contributed by atoms with E-state index < -0.39 is 29.5 Å². The number of halogens is 5. The number of ether oxygens (including phenoxy) is 1. The number of benzene rings is 1. The molecule has 0 saturated carbocycles. The number of likely N-dealkylation sites (tertiary alicyclic amines) is 1. The van der Waals surface area contributed by atoms with E-state index in [1.54, 1.807) is 12.1 Å². The maximum Gasteiger partial charge on any atom is 0.416 e. The van der Waals surface area contributed by atoms with Crippen molar-refractivity contribution in [3.8, 4) is 5.88 Å². The number of nitrogens with zero attached hydrogens (tertiary/aromatic N) is 2. The highest BCUT2D eigenvalue weighted by atomic mass is 32.2. The third-order valence-corrected chi connectivity index (χ3v) is 4.90. The topological polar surface area (TPSA) is 42.4 Å². The summed E-state index contributed by atoms with van der Waals surface area (Å²) in [7, 11) is 0. The van der Waals surface area contributed by atoms with Crippen LogP contribution in [0.1, 0.15) is 22.3 Å². The fourth-order valence-corrected chi connectivity index (χ4v) is 3.47. The minimum Gasteiger partial charge on any atom is -0.472 e. The number of rotatable bonds is 5. The predicted molar refractivity (Wildman–Crippen MR) is 92.5 cm³/mol. The highest BCUT2D eigenvalue weighted by Crippen LogP contribution is 2.32. The quantitative estimate of drug-likeness (QED) is 0.521. The lowest BCUT2D eigenvalue weighted by Crippen LogP contribution is -2.31. The van der Waals surface area contributed by atoms with Gasteiger partial charge in [0.25, 0.3) is 11.7 Å². The van der Waals surface area contributed by atoms with Crippen molar-refractivity contribution in [3.05, 3.63) is 53.7 Å². The first-order chi connectivity index (χ1) is 13.2. The maximum atomic E-state index is 12.8. The van der Waals surface area contributed by atoms with Crippen LogP contribution in [0.25, 0.3) is 0 Å². The van der Waals surface area contributed by atoms with E-state index >= 15 is 0 Å². The molecule has 0 spiro atoms. The van der Waals surface area contributed by atoms with Crippen molar-refractivity contribution in [3.63, 3.8) is 0 Å². The Hall–Kier alpha value is -2.36. The molecule has 1 aliphatic heterocycles. The summed E-state index contributed by atoms with van der Waals surface area (Å²) < 4.78 is 69.2. The Morgan fingerprint density at radius 1 is 1.25 bits per heavy atom. The zero-order chi connectivity index (χ0) is 20.3. The number of carbonyl (C=O) groups is 1. The molecule has 2 heterocycles. The molecule has 1 amide bonds. The fourth-order valence-electron chi connectivity index (χ4n) is 2.84. The minimum atomic E-state index is -4.51. The second-order valence-corrected chi connectivity index (χ2v) is 7.07. The van der Waals surface area contributed by atoms with Crippen LogP contribution < -0.4 is 4.74 Å². The maximum absolute atomic E-state index is 12.8. The smallest absolute Gasteiger partial charge is 0.416 e. The summed E-state index contributed by atoms with van der Waals surface area (Å²) in [5.41, 5.74) is -0.716. The molecule has 0 bridgehead atoms. The van der Waals surface area contributed by atoms with E-state index in [1.807, 2.05) is 0 Å². The summed E-state index contributed by atoms with van der Waals surface area (Å²) in [6.07, 6.45) is -3.64. The van der Waals surface area contributed by atoms with Crippen LogP contribution in [0.4, 0.5) is 22.0 Å². The number of hydrogen-bond donors (Lipinski definition) is 0. The van der Waals surface area contributed by atoms with Crippen LogP contribution in [0.15, 0.2) is 47.5 Å². The van der Waals surface area contributed by atoms with Gasteiger partial charge in [0.2, 0.25) is 5.88 Å². The lowest BCUT2D eigenvalue weighted by Gasteiger charge is -2.19. The van der Waals surface area contributed by atoms with Gasteiger partial charge in [-0.25, -0.2) is 4.98 Å². The van der Waals surface area contributed by atoms with Crippen LogP contribution in [0.2, 0.25) is 0 Å². The molecule has 1 aromatic heterocycles. The summed E-state index contributed by atoms with van der Waals surface area (Å²) in [5, 5.41) is 0. The Balaban J connectivity index is 1.67. The summed E-state index contributed by atoms with van der Waals surface area (Å²) in [6, 6.07) is 7.71. The Kier molecular flexibility index (Phi) is 6.07. The monoisotopic (exact) mass is 418 g/mol. The zero-order valence-electron chi connectivity index (χ0n) is 14.3. The van der Waals surface area contributed by atoms with Crippen molar-refractivity contribution in [2.45, 2.75) is 29.4 Å². The molecule has 1 saturated heterocycles. The molecule has 0 N–H and O–H groups in total. The Morgan fingerprint density at radius 3 is 2.71 bits per heavy atom. The van der Waals surface area contributed by atoms with Crippen LogP contribution in [0.3, 0.4) is 0 Å². The van der Waals surface area contributed by atoms with Gasteiger partial charge in [-0.3, -0.25) is 4.79 Å². The molecule has 0 radical (unpaired) electrons. The van der Waals surface area contributed by atoms with E-state index in [0.29, 0.717) is 24.7 Å². The molecular formula is C18H15F5N2O2S. The Bertz CT molecular complexity index is 847. The van der Waals surface area contributed by atoms with Crippen molar-refractivity contribution in [2.24, 2.45) is 0 Å². The molecule has 150 valence electrons. The molecule has 1 aliphatic rings. The molecular weight excluding hydrogens is 403 g/mol. The third-order valence-electron chi connectivity index (χ3n) is 4.12. The largest absolute Gasteiger partial charge is 0.472 e. The van der Waals surface area contributed by atoms with E-state index in [-0.39, 0.29) is 22.9 Å². The average Bonchev–Trinajstić information content (AvgIpc) is 3.09. The van der Waals surface area contributed by atoms with Gasteiger partial charge < -0.3 is 9.64 Å². The molecule has 4 nitrogen and oxygen atoms in total. The van der Waals surface area contributed by atoms with Gasteiger partial charge in [-0.05, 0) is 18.2 Å². The molecule has 1 atom stereocenters. The number of hydrogen-bond acceptors (Lipinski definition) is 4. The van der Waals surface area contributed by atoms with Crippen molar-refractivity contribution in [2.75, 3.05) is 13.1 Å². The zero-order valence-corrected chi connectivity index (χ0v) is 15.1. The fraction of sp³-hybridized carbons (Fsp3) is 0.333. The molecule has 1 aromatic carbocycles. The standard InChI is InChI=1S/C18H15F5N2O2S/c19-17(20)28-14-4-2-1-3-13(14)16(26)25-8-6-12(10-25)27-15-9-11(5-7-24-15)18(21,22)23/h1-5,7,9,12,17H,6,8,10H2. The molecule has 1 fully saturated rings. The van der Waals surface area contributed by atoms with E-state index in [4.69, 9.17) is 4.74 Å². The molecule has 0 aliphatic carbocycles. The number of pyridine rings is 1. The SMILES string of the molecule is O=C(c1ccccc1SC(F)F)N1CCC(Oc2cc(C(F)(F)F)ccn2)C1. The van der Waals surface area contributed by atoms with Crippen LogP contribution in [-0.4, -0.2) is 40.7 Å². The molecule has 10 heteroatoms. The molecule has 28 heavy (non-hydrogen) atoms. The normalized spacial score (nSPS) is 17.2. The lowest BCUT2D eigenvalue weighted by molar-refractivity contribution is -0.137. The second-order valence-electron chi connectivity index (χ2n) is 6.03. The first-order valence-electron chi connectivity index (χ1n) is 8.27. The third kappa shape index (κ3) is 4.92. The van der Waals surface area contributed by atoms with Crippen molar-refractivity contribution < 1.29 is 31.5 Å². The highest BCUT2D eigenvalue weighted by Gasteiger charge is 2.33. The van der Waals surface area contributed by atoms with Crippen LogP contribution in [-0.2, 0) is 6.18 Å². The highest BCUT2D eigenvalue weighted by molar-refractivity contribution is 7.99. The molecule has 1 unspecified atom stereocenters. The van der Waals surface area contributed by atoms with Gasteiger partial charge in [-0.1, -0.05) is 23.9 Å². The van der Waals surface area contributed by atoms with Crippen LogP contribution >= 0.6 is 11.8 Å². The van der Waals surface area contributed by atoms with Gasteiger partial charge in [0.05, 0.1) is 17.7 Å². The lowest BCUT2D eigenvalue weighted by atomic mass is 10.2. The molecule has 3 rings (SSSR count). The second kappa shape index (κ2) is 8.34. The van der Waals surface area contributed by atoms with Crippen molar-refractivity contribution in [1.29, 1.82) is 0 Å². The number of aromatic nitrogens is 1. The Morgan fingerprint density at radius 2 is 2.00 bits per heavy atom. The van der Waals surface area contributed by atoms with E-state index in [9.17, 15) is 26.7 Å². The van der Waals surface area contributed by atoms with E-state index in [2.05, 4.69) is 4.98 Å². The summed E-state index contributed by atoms with van der Waals surface area (Å²) in [6.45, 7) is 0.431. The summed E-state index contributed by atoms with van der Waals surface area (Å²) in [4.78, 5) is 18.1. The van der Waals surface area contributed by atoms with Gasteiger partial charge in [0, 0.05) is 30.1 Å². The molecule has 2 aromatic rings. The van der Waals surface area contributed by atoms with Gasteiger partial charge >= 0.3 is 6.18 Å². The number of thioether (sulfide) groups is 1. The summed E-state index contributed by atoms with van der Waals surface area (Å²) >= 11 is 0.291. The van der Waals surface area contributed by atoms with Gasteiger partial charge in [-0.15, -0.1) is 0 Å². The number of amides is 1. The van der Waals surface area contributed by atoms with E-state index in [1.165, 1.54) is 17.0 Å². The summed E-state index contributed by atoms with van der Waals surface area (Å²) in [5.74, 6) is -3.26. The minimum absolute atomic E-state index is 0.129. The Labute approximate surface area is 161 Å². The van der Waals surface area contributed by atoms with Gasteiger partial charge in [0.15, 0.2) is 0 Å². The van der Waals surface area contributed by atoms with Crippen LogP contribution in [0, 0.1) is 0 Å². The van der Waals surface area contributed by atoms with Crippen molar-refractivity contribution in [1.82, 2.24) is 9.88 Å². The number of alkyl halides is 5. The van der Waals surface area contributed by atoms with Crippen molar-refractivity contribution >= 4 is 17.7 Å². The van der Waals surface area contributed by atoms with Gasteiger partial charge in [0.1, 0.15) is 6.10 Å². The first-order valence-corrected chi connectivity index (χ1v) is 9.15. The van der Waals surface area contributed by atoms with E-state index in [0.717, 1.165) is 18.3 Å². The average molecular weight is 418 g/mol. The first kappa shape index (κ1) is 20.4. The predicted octanol–water partition coefficient (Wildman–Crippen LogP) is 4.71. The van der Waals surface area contributed by atoms with Crippen LogP contribution in [0.5, 0.6) is 5.88 Å².